The summed E-state index contributed by atoms with van der Waals surface area (Å²) in [5.74, 6) is 1.27. The molecule has 0 bridgehead atoms. The van der Waals surface area contributed by atoms with E-state index in [4.69, 9.17) is 9.47 Å². The molecule has 0 saturated carbocycles. The first-order valence-corrected chi connectivity index (χ1v) is 14.5. The predicted molar refractivity (Wildman–Crippen MR) is 167 cm³/mol. The average molecular weight is 563 g/mol. The van der Waals surface area contributed by atoms with E-state index in [1.54, 1.807) is 14.2 Å². The van der Waals surface area contributed by atoms with Gasteiger partial charge in [0.05, 0.1) is 26.2 Å². The van der Waals surface area contributed by atoms with Gasteiger partial charge in [0.25, 0.3) is 0 Å². The molecule has 4 aromatic rings. The van der Waals surface area contributed by atoms with Gasteiger partial charge in [0.15, 0.2) is 0 Å². The number of amides is 2. The number of hydrogen-bond acceptors (Lipinski definition) is 4. The van der Waals surface area contributed by atoms with E-state index in [2.05, 4.69) is 13.0 Å². The maximum Gasteiger partial charge on any atom is 0.234 e. The highest BCUT2D eigenvalue weighted by Crippen LogP contribution is 2.43. The summed E-state index contributed by atoms with van der Waals surface area (Å²) in [7, 11) is 3.28. The van der Waals surface area contributed by atoms with Gasteiger partial charge in [-0.25, -0.2) is 0 Å². The molecule has 0 saturated heterocycles. The van der Waals surface area contributed by atoms with Crippen LogP contribution in [0.2, 0.25) is 0 Å². The maximum absolute atomic E-state index is 14.3. The van der Waals surface area contributed by atoms with Crippen molar-refractivity contribution in [3.8, 4) is 11.5 Å². The Kier molecular flexibility index (Phi) is 8.91. The van der Waals surface area contributed by atoms with E-state index >= 15 is 0 Å². The van der Waals surface area contributed by atoms with Gasteiger partial charge in [-0.2, -0.15) is 0 Å². The van der Waals surface area contributed by atoms with E-state index in [0.29, 0.717) is 19.3 Å². The molecule has 5 rings (SSSR count). The quantitative estimate of drug-likeness (QED) is 0.214. The molecule has 1 aliphatic rings. The summed E-state index contributed by atoms with van der Waals surface area (Å²) in [5.41, 5.74) is 4.70. The number of methoxy groups -OCH3 is 2. The Labute approximate surface area is 248 Å². The summed E-state index contributed by atoms with van der Waals surface area (Å²) in [5, 5.41) is 0. The van der Waals surface area contributed by atoms with Gasteiger partial charge >= 0.3 is 0 Å². The molecule has 4 aromatic carbocycles. The van der Waals surface area contributed by atoms with Crippen molar-refractivity contribution in [2.45, 2.75) is 51.1 Å². The molecule has 3 unspecified atom stereocenters. The Bertz CT molecular complexity index is 1500. The fourth-order valence-electron chi connectivity index (χ4n) is 5.86. The lowest BCUT2D eigenvalue weighted by Crippen LogP contribution is -2.48. The van der Waals surface area contributed by atoms with Crippen molar-refractivity contribution < 1.29 is 19.1 Å². The van der Waals surface area contributed by atoms with Crippen molar-refractivity contribution >= 4 is 23.2 Å². The van der Waals surface area contributed by atoms with Crippen LogP contribution in [0.3, 0.4) is 0 Å². The molecule has 6 nitrogen and oxygen atoms in total. The Balaban J connectivity index is 1.45. The molecule has 1 aliphatic heterocycles. The molecule has 0 spiro atoms. The van der Waals surface area contributed by atoms with E-state index < -0.39 is 0 Å². The van der Waals surface area contributed by atoms with E-state index in [1.165, 1.54) is 0 Å². The molecule has 0 N–H and O–H groups in total. The zero-order chi connectivity index (χ0) is 29.6. The van der Waals surface area contributed by atoms with Crippen LogP contribution >= 0.6 is 0 Å². The monoisotopic (exact) mass is 562 g/mol. The minimum Gasteiger partial charge on any atom is -0.497 e. The topological polar surface area (TPSA) is 59.1 Å². The maximum atomic E-state index is 14.3. The molecule has 0 aromatic heterocycles. The molecule has 6 heteroatoms. The largest absolute Gasteiger partial charge is 0.497 e. The molecular weight excluding hydrogens is 524 g/mol. The van der Waals surface area contributed by atoms with Crippen LogP contribution in [0, 0.1) is 0 Å². The molecular formula is C36H38N2O4. The van der Waals surface area contributed by atoms with E-state index in [9.17, 15) is 9.59 Å². The van der Waals surface area contributed by atoms with Gasteiger partial charge in [0, 0.05) is 23.8 Å². The third kappa shape index (κ3) is 6.03. The lowest BCUT2D eigenvalue weighted by molar-refractivity contribution is -0.120. The summed E-state index contributed by atoms with van der Waals surface area (Å²) < 4.78 is 10.6. The number of hydrogen-bond donors (Lipinski definition) is 0. The first-order valence-electron chi connectivity index (χ1n) is 14.5. The Morgan fingerprint density at radius 1 is 0.833 bits per heavy atom. The summed E-state index contributed by atoms with van der Waals surface area (Å²) in [4.78, 5) is 31.9. The summed E-state index contributed by atoms with van der Waals surface area (Å²) in [6, 6.07) is 33.1. The second kappa shape index (κ2) is 12.9. The van der Waals surface area contributed by atoms with Crippen LogP contribution in [0.15, 0.2) is 103 Å². The highest BCUT2D eigenvalue weighted by atomic mass is 16.5. The van der Waals surface area contributed by atoms with Gasteiger partial charge in [-0.05, 0) is 85.8 Å². The molecule has 3 atom stereocenters. The summed E-state index contributed by atoms with van der Waals surface area (Å²) >= 11 is 0. The van der Waals surface area contributed by atoms with Crippen LogP contribution in [0.1, 0.15) is 55.3 Å². The lowest BCUT2D eigenvalue weighted by Gasteiger charge is -2.44. The average Bonchev–Trinajstić information content (AvgIpc) is 3.04. The fourth-order valence-corrected chi connectivity index (χ4v) is 5.86. The number of aryl methyl sites for hydroxylation is 1. The van der Waals surface area contributed by atoms with Gasteiger partial charge in [-0.1, -0.05) is 60.7 Å². The molecule has 1 heterocycles. The van der Waals surface area contributed by atoms with Crippen molar-refractivity contribution in [3.63, 3.8) is 0 Å². The van der Waals surface area contributed by atoms with E-state index in [0.717, 1.165) is 39.6 Å². The molecule has 216 valence electrons. The second-order valence-corrected chi connectivity index (χ2v) is 10.8. The fraction of sp³-hybridized carbons (Fsp3) is 0.278. The van der Waals surface area contributed by atoms with Crippen LogP contribution < -0.4 is 19.3 Å². The number of fused-ring (bicyclic) bond motifs is 1. The van der Waals surface area contributed by atoms with E-state index in [1.807, 2.05) is 114 Å². The number of nitrogens with zero attached hydrogens (tertiary/aromatic N) is 2. The van der Waals surface area contributed by atoms with Crippen molar-refractivity contribution in [1.29, 1.82) is 0 Å². The molecule has 42 heavy (non-hydrogen) atoms. The van der Waals surface area contributed by atoms with E-state index in [-0.39, 0.29) is 29.8 Å². The normalized spacial score (nSPS) is 16.7. The van der Waals surface area contributed by atoms with Gasteiger partial charge in [0.2, 0.25) is 11.8 Å². The Hall–Kier alpha value is -4.58. The first-order chi connectivity index (χ1) is 20.4. The number of carbonyl (C=O) groups excluding carboxylic acids is 2. The molecule has 2 amide bonds. The van der Waals surface area contributed by atoms with Gasteiger partial charge < -0.3 is 19.3 Å². The second-order valence-electron chi connectivity index (χ2n) is 10.8. The summed E-state index contributed by atoms with van der Waals surface area (Å²) in [6.45, 7) is 4.03. The van der Waals surface area contributed by atoms with Crippen LogP contribution in [0.4, 0.5) is 11.4 Å². The molecule has 0 radical (unpaired) electrons. The predicted octanol–water partition coefficient (Wildman–Crippen LogP) is 7.34. The minimum atomic E-state index is -0.372. The standard InChI is InChI=1S/C36H38N2O4/c1-25-24-34(38(29-10-6-5-7-11-29)36(40)26(2)28-17-21-31(42-4)22-18-28)32-12-8-9-13-33(32)37(25)35(39)23-16-27-14-19-30(41-3)20-15-27/h5-15,17-22,25-26,34H,16,23-24H2,1-4H3. The highest BCUT2D eigenvalue weighted by Gasteiger charge is 2.39. The number of anilines is 2. The van der Waals surface area contributed by atoms with Crippen molar-refractivity contribution in [2.24, 2.45) is 0 Å². The van der Waals surface area contributed by atoms with Crippen LogP contribution in [-0.4, -0.2) is 32.1 Å². The third-order valence-electron chi connectivity index (χ3n) is 8.19. The highest BCUT2D eigenvalue weighted by molar-refractivity contribution is 6.00. The Morgan fingerprint density at radius 2 is 1.43 bits per heavy atom. The van der Waals surface area contributed by atoms with Crippen molar-refractivity contribution in [3.05, 3.63) is 120 Å². The third-order valence-corrected chi connectivity index (χ3v) is 8.19. The number of rotatable bonds is 9. The summed E-state index contributed by atoms with van der Waals surface area (Å²) in [6.07, 6.45) is 1.67. The van der Waals surface area contributed by atoms with Gasteiger partial charge in [-0.15, -0.1) is 0 Å². The van der Waals surface area contributed by atoms with Crippen LogP contribution in [0.25, 0.3) is 0 Å². The van der Waals surface area contributed by atoms with Crippen LogP contribution in [-0.2, 0) is 16.0 Å². The van der Waals surface area contributed by atoms with Gasteiger partial charge in [-0.3, -0.25) is 9.59 Å². The minimum absolute atomic E-state index is 0.0117. The number of carbonyl (C=O) groups is 2. The van der Waals surface area contributed by atoms with Gasteiger partial charge in [0.1, 0.15) is 11.5 Å². The smallest absolute Gasteiger partial charge is 0.234 e. The number of benzene rings is 4. The molecule has 0 fully saturated rings. The Morgan fingerprint density at radius 3 is 2.07 bits per heavy atom. The first kappa shape index (κ1) is 28.9. The number of para-hydroxylation sites is 2. The van der Waals surface area contributed by atoms with Crippen LogP contribution in [0.5, 0.6) is 11.5 Å². The van der Waals surface area contributed by atoms with Crippen molar-refractivity contribution in [1.82, 2.24) is 0 Å². The molecule has 0 aliphatic carbocycles. The number of ether oxygens (including phenoxy) is 2. The van der Waals surface area contributed by atoms with Crippen molar-refractivity contribution in [2.75, 3.05) is 24.0 Å². The zero-order valence-corrected chi connectivity index (χ0v) is 24.7. The lowest BCUT2D eigenvalue weighted by atomic mass is 9.88. The SMILES string of the molecule is COc1ccc(CCC(=O)N2c3ccccc3C(N(C(=O)C(C)c3ccc(OC)cc3)c3ccccc3)CC2C)cc1. The zero-order valence-electron chi connectivity index (χ0n) is 24.7.